The zero-order valence-corrected chi connectivity index (χ0v) is 17.3. The van der Waals surface area contributed by atoms with Crippen LogP contribution in [0.4, 0.5) is 0 Å². The molecule has 4 rings (SSSR count). The summed E-state index contributed by atoms with van der Waals surface area (Å²) < 4.78 is 7.50. The topological polar surface area (TPSA) is 108 Å². The van der Waals surface area contributed by atoms with Crippen LogP contribution in [-0.4, -0.2) is 44.5 Å². The SMILES string of the molecule is O=C(NCC1CCCO1)c1nn(-c2ccc(Cl)cc2)c(=O)n(Cc2cccnc2)c1=O. The quantitative estimate of drug-likeness (QED) is 0.619. The van der Waals surface area contributed by atoms with Gasteiger partial charge in [0.05, 0.1) is 18.3 Å². The Labute approximate surface area is 182 Å². The Morgan fingerprint density at radius 1 is 1.23 bits per heavy atom. The highest BCUT2D eigenvalue weighted by Crippen LogP contribution is 2.12. The van der Waals surface area contributed by atoms with Crippen molar-refractivity contribution in [3.05, 3.63) is 85.9 Å². The average Bonchev–Trinajstić information content (AvgIpc) is 3.30. The molecule has 1 aliphatic rings. The van der Waals surface area contributed by atoms with Crippen LogP contribution < -0.4 is 16.6 Å². The van der Waals surface area contributed by atoms with E-state index in [2.05, 4.69) is 15.4 Å². The number of benzene rings is 1. The number of rotatable bonds is 6. The van der Waals surface area contributed by atoms with Crippen LogP contribution in [0.25, 0.3) is 5.69 Å². The molecule has 31 heavy (non-hydrogen) atoms. The van der Waals surface area contributed by atoms with Crippen LogP contribution in [0.15, 0.2) is 58.4 Å². The van der Waals surface area contributed by atoms with E-state index in [1.54, 1.807) is 48.8 Å². The van der Waals surface area contributed by atoms with Gasteiger partial charge in [-0.3, -0.25) is 19.1 Å². The molecular formula is C21H20ClN5O4. The van der Waals surface area contributed by atoms with Crippen molar-refractivity contribution in [3.63, 3.8) is 0 Å². The molecule has 1 unspecified atom stereocenters. The van der Waals surface area contributed by atoms with E-state index in [0.717, 1.165) is 22.1 Å². The number of ether oxygens (including phenoxy) is 1. The maximum Gasteiger partial charge on any atom is 0.352 e. The third-order valence-corrected chi connectivity index (χ3v) is 5.18. The molecule has 1 atom stereocenters. The number of hydrogen-bond donors (Lipinski definition) is 1. The Hall–Kier alpha value is -3.30. The van der Waals surface area contributed by atoms with Gasteiger partial charge in [0.15, 0.2) is 0 Å². The van der Waals surface area contributed by atoms with Gasteiger partial charge >= 0.3 is 5.69 Å². The van der Waals surface area contributed by atoms with Gasteiger partial charge in [0.1, 0.15) is 0 Å². The van der Waals surface area contributed by atoms with Crippen LogP contribution in [0.2, 0.25) is 5.02 Å². The van der Waals surface area contributed by atoms with Gasteiger partial charge in [-0.15, -0.1) is 0 Å². The van der Waals surface area contributed by atoms with E-state index in [0.29, 0.717) is 22.9 Å². The van der Waals surface area contributed by atoms with Crippen molar-refractivity contribution < 1.29 is 9.53 Å². The minimum atomic E-state index is -0.774. The highest BCUT2D eigenvalue weighted by atomic mass is 35.5. The van der Waals surface area contributed by atoms with E-state index < -0.39 is 17.2 Å². The number of hydrogen-bond acceptors (Lipinski definition) is 6. The van der Waals surface area contributed by atoms with Crippen molar-refractivity contribution in [1.82, 2.24) is 24.6 Å². The number of carbonyl (C=O) groups excluding carboxylic acids is 1. The summed E-state index contributed by atoms with van der Waals surface area (Å²) in [6, 6.07) is 9.81. The molecule has 1 amide bonds. The Bertz CT molecular complexity index is 1190. The molecule has 1 fully saturated rings. The minimum absolute atomic E-state index is 0.0480. The average molecular weight is 442 g/mol. The van der Waals surface area contributed by atoms with Gasteiger partial charge in [0, 0.05) is 30.6 Å². The molecule has 160 valence electrons. The van der Waals surface area contributed by atoms with Crippen LogP contribution in [0.1, 0.15) is 28.9 Å². The van der Waals surface area contributed by atoms with Gasteiger partial charge < -0.3 is 10.1 Å². The fourth-order valence-corrected chi connectivity index (χ4v) is 3.44. The van der Waals surface area contributed by atoms with Gasteiger partial charge in [-0.1, -0.05) is 17.7 Å². The van der Waals surface area contributed by atoms with Crippen molar-refractivity contribution in [1.29, 1.82) is 0 Å². The summed E-state index contributed by atoms with van der Waals surface area (Å²) in [7, 11) is 0. The van der Waals surface area contributed by atoms with E-state index in [4.69, 9.17) is 16.3 Å². The van der Waals surface area contributed by atoms with Gasteiger partial charge in [-0.2, -0.15) is 9.78 Å². The number of amides is 1. The van der Waals surface area contributed by atoms with Crippen LogP contribution in [0, 0.1) is 0 Å². The van der Waals surface area contributed by atoms with Crippen LogP contribution in [0.5, 0.6) is 0 Å². The molecule has 1 N–H and O–H groups in total. The fraction of sp³-hybridized carbons (Fsp3) is 0.286. The number of halogens is 1. The molecule has 9 nitrogen and oxygen atoms in total. The van der Waals surface area contributed by atoms with E-state index in [1.165, 1.54) is 0 Å². The smallest absolute Gasteiger partial charge is 0.352 e. The second kappa shape index (κ2) is 9.23. The number of pyridine rings is 1. The van der Waals surface area contributed by atoms with Gasteiger partial charge in [0.25, 0.3) is 11.5 Å². The first kappa shape index (κ1) is 21.0. The second-order valence-electron chi connectivity index (χ2n) is 7.12. The highest BCUT2D eigenvalue weighted by molar-refractivity contribution is 6.30. The second-order valence-corrected chi connectivity index (χ2v) is 7.55. The maximum atomic E-state index is 13.1. The lowest BCUT2D eigenvalue weighted by atomic mass is 10.2. The number of nitrogens with zero attached hydrogens (tertiary/aromatic N) is 4. The molecule has 0 bridgehead atoms. The van der Waals surface area contributed by atoms with E-state index in [-0.39, 0.29) is 24.9 Å². The number of nitrogens with one attached hydrogen (secondary N) is 1. The predicted molar refractivity (Wildman–Crippen MR) is 114 cm³/mol. The molecule has 3 aromatic rings. The molecule has 1 saturated heterocycles. The summed E-state index contributed by atoms with van der Waals surface area (Å²) in [5.74, 6) is -0.664. The van der Waals surface area contributed by atoms with Gasteiger partial charge in [-0.25, -0.2) is 4.79 Å². The largest absolute Gasteiger partial charge is 0.376 e. The third kappa shape index (κ3) is 4.73. The number of carbonyl (C=O) groups is 1. The third-order valence-electron chi connectivity index (χ3n) is 4.92. The lowest BCUT2D eigenvalue weighted by Gasteiger charge is -2.13. The summed E-state index contributed by atoms with van der Waals surface area (Å²) >= 11 is 5.94. The Kier molecular flexibility index (Phi) is 6.24. The monoisotopic (exact) mass is 441 g/mol. The first-order valence-corrected chi connectivity index (χ1v) is 10.2. The zero-order valence-electron chi connectivity index (χ0n) is 16.5. The van der Waals surface area contributed by atoms with Crippen molar-refractivity contribution >= 4 is 17.5 Å². The fourth-order valence-electron chi connectivity index (χ4n) is 3.32. The van der Waals surface area contributed by atoms with Crippen molar-refractivity contribution in [2.75, 3.05) is 13.2 Å². The van der Waals surface area contributed by atoms with Crippen molar-refractivity contribution in [2.24, 2.45) is 0 Å². The maximum absolute atomic E-state index is 13.1. The zero-order chi connectivity index (χ0) is 21.8. The van der Waals surface area contributed by atoms with Crippen LogP contribution >= 0.6 is 11.6 Å². The van der Waals surface area contributed by atoms with Crippen LogP contribution in [0.3, 0.4) is 0 Å². The van der Waals surface area contributed by atoms with Crippen molar-refractivity contribution in [3.8, 4) is 5.69 Å². The minimum Gasteiger partial charge on any atom is -0.376 e. The first-order valence-electron chi connectivity index (χ1n) is 9.82. The molecule has 0 radical (unpaired) electrons. The summed E-state index contributed by atoms with van der Waals surface area (Å²) in [6.45, 7) is 0.869. The molecular weight excluding hydrogens is 422 g/mol. The summed E-state index contributed by atoms with van der Waals surface area (Å²) in [6.07, 6.45) is 4.82. The summed E-state index contributed by atoms with van der Waals surface area (Å²) in [5, 5.41) is 7.25. The van der Waals surface area contributed by atoms with Crippen LogP contribution in [-0.2, 0) is 11.3 Å². The molecule has 1 aromatic carbocycles. The molecule has 2 aromatic heterocycles. The Morgan fingerprint density at radius 3 is 2.71 bits per heavy atom. The molecule has 1 aliphatic heterocycles. The lowest BCUT2D eigenvalue weighted by Crippen LogP contribution is -2.46. The van der Waals surface area contributed by atoms with Gasteiger partial charge in [-0.05, 0) is 48.7 Å². The Balaban J connectivity index is 1.75. The molecule has 3 heterocycles. The van der Waals surface area contributed by atoms with Crippen molar-refractivity contribution in [2.45, 2.75) is 25.5 Å². The summed E-state index contributed by atoms with van der Waals surface area (Å²) in [4.78, 5) is 42.9. The normalized spacial score (nSPS) is 15.7. The predicted octanol–water partition coefficient (Wildman–Crippen LogP) is 1.40. The number of aromatic nitrogens is 4. The molecule has 0 saturated carbocycles. The summed E-state index contributed by atoms with van der Waals surface area (Å²) in [5.41, 5.74) is -0.809. The Morgan fingerprint density at radius 2 is 2.03 bits per heavy atom. The standard InChI is InChI=1S/C21H20ClN5O4/c22-15-5-7-16(8-6-15)27-21(30)26(13-14-3-1-9-23-11-14)20(29)18(25-27)19(28)24-12-17-4-2-10-31-17/h1,3,5-9,11,17H,2,4,10,12-13H2,(H,24,28). The van der Waals surface area contributed by atoms with E-state index >= 15 is 0 Å². The molecule has 0 aliphatic carbocycles. The first-order chi connectivity index (χ1) is 15.0. The lowest BCUT2D eigenvalue weighted by molar-refractivity contribution is 0.0849. The highest BCUT2D eigenvalue weighted by Gasteiger charge is 2.22. The molecule has 10 heteroatoms. The molecule has 0 spiro atoms. The van der Waals surface area contributed by atoms with Gasteiger partial charge in [0.2, 0.25) is 5.69 Å². The van der Waals surface area contributed by atoms with E-state index in [1.807, 2.05) is 0 Å². The van der Waals surface area contributed by atoms with E-state index in [9.17, 15) is 14.4 Å².